The number of rotatable bonds is 4. The summed E-state index contributed by atoms with van der Waals surface area (Å²) in [6.07, 6.45) is 8.95. The van der Waals surface area contributed by atoms with Gasteiger partial charge in [0, 0.05) is 18.8 Å². The van der Waals surface area contributed by atoms with Crippen molar-refractivity contribution in [3.63, 3.8) is 0 Å². The lowest BCUT2D eigenvalue weighted by Crippen LogP contribution is -2.49. The van der Waals surface area contributed by atoms with Crippen LogP contribution in [0.3, 0.4) is 0 Å². The highest BCUT2D eigenvalue weighted by molar-refractivity contribution is 8.02. The third-order valence-corrected chi connectivity index (χ3v) is 6.35. The first-order valence-electron chi connectivity index (χ1n) is 9.07. The summed E-state index contributed by atoms with van der Waals surface area (Å²) in [4.78, 5) is 14.2. The fourth-order valence-corrected chi connectivity index (χ4v) is 5.05. The van der Waals surface area contributed by atoms with Gasteiger partial charge in [-0.05, 0) is 63.2 Å². The van der Waals surface area contributed by atoms with E-state index in [1.165, 1.54) is 32.1 Å². The molecule has 3 nitrogen and oxygen atoms in total. The Kier molecular flexibility index (Phi) is 6.47. The van der Waals surface area contributed by atoms with Gasteiger partial charge in [0.25, 0.3) is 0 Å². The lowest BCUT2D eigenvalue weighted by molar-refractivity contribution is 0.000743. The Balaban J connectivity index is 1.98. The molecule has 0 aromatic heterocycles. The molecule has 1 aliphatic heterocycles. The van der Waals surface area contributed by atoms with Crippen LogP contribution in [-0.4, -0.2) is 35.4 Å². The van der Waals surface area contributed by atoms with Gasteiger partial charge in [0.1, 0.15) is 5.60 Å². The highest BCUT2D eigenvalue weighted by Gasteiger charge is 2.42. The van der Waals surface area contributed by atoms with E-state index < -0.39 is 5.60 Å². The zero-order valence-electron chi connectivity index (χ0n) is 15.1. The number of thioether (sulfide) groups is 1. The summed E-state index contributed by atoms with van der Waals surface area (Å²) >= 11 is 1.86. The molecular weight excluding hydrogens is 306 g/mol. The van der Waals surface area contributed by atoms with E-state index >= 15 is 0 Å². The standard InChI is InChI=1S/C19H33NO2S/c1-5-23-15-19(16-9-7-6-8-10-16)11-13-20(14-12-19)17(21)22-18(2,3)4/h5,16H,1,6-15H2,2-4H3. The van der Waals surface area contributed by atoms with Crippen LogP contribution < -0.4 is 0 Å². The first-order valence-corrected chi connectivity index (χ1v) is 10.1. The lowest BCUT2D eigenvalue weighted by Gasteiger charge is -2.48. The molecule has 1 saturated heterocycles. The van der Waals surface area contributed by atoms with Gasteiger partial charge >= 0.3 is 6.09 Å². The number of likely N-dealkylation sites (tertiary alicyclic amines) is 1. The summed E-state index contributed by atoms with van der Waals surface area (Å²) in [7, 11) is 0. The molecule has 1 saturated carbocycles. The Morgan fingerprint density at radius 1 is 1.26 bits per heavy atom. The number of nitrogens with zero attached hydrogens (tertiary/aromatic N) is 1. The molecule has 0 aromatic rings. The molecule has 132 valence electrons. The van der Waals surface area contributed by atoms with Crippen molar-refractivity contribution < 1.29 is 9.53 Å². The molecule has 0 radical (unpaired) electrons. The molecule has 1 amide bonds. The van der Waals surface area contributed by atoms with E-state index in [-0.39, 0.29) is 6.09 Å². The number of hydrogen-bond acceptors (Lipinski definition) is 3. The second kappa shape index (κ2) is 7.96. The minimum atomic E-state index is -0.409. The summed E-state index contributed by atoms with van der Waals surface area (Å²) in [6.45, 7) is 11.4. The summed E-state index contributed by atoms with van der Waals surface area (Å²) in [5, 5.41) is 1.98. The van der Waals surface area contributed by atoms with Gasteiger partial charge in [0.2, 0.25) is 0 Å². The topological polar surface area (TPSA) is 29.5 Å². The Bertz CT molecular complexity index is 402. The fraction of sp³-hybridized carbons (Fsp3) is 0.842. The minimum Gasteiger partial charge on any atom is -0.444 e. The van der Waals surface area contributed by atoms with E-state index in [1.54, 1.807) is 0 Å². The molecule has 23 heavy (non-hydrogen) atoms. The SMILES string of the molecule is C=CSCC1(C2CCCCC2)CCN(C(=O)OC(C)(C)C)CC1. The Morgan fingerprint density at radius 3 is 2.39 bits per heavy atom. The number of hydrogen-bond donors (Lipinski definition) is 0. The molecule has 0 unspecified atom stereocenters. The highest BCUT2D eigenvalue weighted by Crippen LogP contribution is 2.47. The van der Waals surface area contributed by atoms with Crippen molar-refractivity contribution in [3.8, 4) is 0 Å². The molecule has 0 atom stereocenters. The normalized spacial score (nSPS) is 22.7. The molecule has 0 bridgehead atoms. The van der Waals surface area contributed by atoms with Gasteiger partial charge < -0.3 is 9.64 Å². The van der Waals surface area contributed by atoms with E-state index in [0.29, 0.717) is 5.41 Å². The minimum absolute atomic E-state index is 0.147. The maximum atomic E-state index is 12.3. The van der Waals surface area contributed by atoms with Crippen LogP contribution in [0.5, 0.6) is 0 Å². The van der Waals surface area contributed by atoms with Crippen LogP contribution in [0.25, 0.3) is 0 Å². The average Bonchev–Trinajstić information content (AvgIpc) is 2.52. The quantitative estimate of drug-likeness (QED) is 0.681. The first-order chi connectivity index (χ1) is 10.9. The number of carbonyl (C=O) groups excluding carboxylic acids is 1. The maximum absolute atomic E-state index is 12.3. The summed E-state index contributed by atoms with van der Waals surface area (Å²) in [6, 6.07) is 0. The van der Waals surface area contributed by atoms with Crippen molar-refractivity contribution in [2.75, 3.05) is 18.8 Å². The van der Waals surface area contributed by atoms with Crippen LogP contribution >= 0.6 is 11.8 Å². The van der Waals surface area contributed by atoms with Gasteiger partial charge in [0.05, 0.1) is 0 Å². The Hall–Kier alpha value is -0.640. The molecule has 2 fully saturated rings. The first kappa shape index (κ1) is 18.7. The number of amides is 1. The zero-order chi connectivity index (χ0) is 16.9. The fourth-order valence-electron chi connectivity index (χ4n) is 4.07. The third-order valence-electron chi connectivity index (χ3n) is 5.37. The van der Waals surface area contributed by atoms with E-state index in [1.807, 2.05) is 42.8 Å². The molecule has 1 aliphatic carbocycles. The van der Waals surface area contributed by atoms with Gasteiger partial charge in [0.15, 0.2) is 0 Å². The molecule has 1 heterocycles. The number of ether oxygens (including phenoxy) is 1. The smallest absolute Gasteiger partial charge is 0.410 e. The summed E-state index contributed by atoms with van der Waals surface area (Å²) in [5.41, 5.74) is -0.0224. The van der Waals surface area contributed by atoms with Crippen molar-refractivity contribution in [1.29, 1.82) is 0 Å². The predicted octanol–water partition coefficient (Wildman–Crippen LogP) is 5.46. The van der Waals surface area contributed by atoms with Crippen LogP contribution in [0.4, 0.5) is 4.79 Å². The summed E-state index contributed by atoms with van der Waals surface area (Å²) < 4.78 is 5.54. The van der Waals surface area contributed by atoms with Crippen LogP contribution in [-0.2, 0) is 4.74 Å². The second-order valence-corrected chi connectivity index (χ2v) is 9.10. The summed E-state index contributed by atoms with van der Waals surface area (Å²) in [5.74, 6) is 1.98. The van der Waals surface area contributed by atoms with Gasteiger partial charge in [-0.2, -0.15) is 0 Å². The van der Waals surface area contributed by atoms with E-state index in [4.69, 9.17) is 4.74 Å². The molecular formula is C19H33NO2S. The number of piperidine rings is 1. The highest BCUT2D eigenvalue weighted by atomic mass is 32.2. The maximum Gasteiger partial charge on any atom is 0.410 e. The molecule has 2 rings (SSSR count). The average molecular weight is 340 g/mol. The number of carbonyl (C=O) groups is 1. The van der Waals surface area contributed by atoms with Crippen molar-refractivity contribution in [3.05, 3.63) is 12.0 Å². The Morgan fingerprint density at radius 2 is 1.87 bits per heavy atom. The van der Waals surface area contributed by atoms with E-state index in [0.717, 1.165) is 37.6 Å². The molecule has 2 aliphatic rings. The van der Waals surface area contributed by atoms with Crippen molar-refractivity contribution >= 4 is 17.9 Å². The van der Waals surface area contributed by atoms with Crippen molar-refractivity contribution in [1.82, 2.24) is 4.90 Å². The van der Waals surface area contributed by atoms with Crippen LogP contribution in [0.15, 0.2) is 12.0 Å². The lowest BCUT2D eigenvalue weighted by atomic mass is 9.65. The van der Waals surface area contributed by atoms with Gasteiger partial charge in [-0.15, -0.1) is 11.8 Å². The van der Waals surface area contributed by atoms with Crippen LogP contribution in [0.2, 0.25) is 0 Å². The molecule has 0 N–H and O–H groups in total. The van der Waals surface area contributed by atoms with E-state index in [9.17, 15) is 4.79 Å². The Labute approximate surface area is 146 Å². The van der Waals surface area contributed by atoms with Gasteiger partial charge in [-0.1, -0.05) is 25.8 Å². The van der Waals surface area contributed by atoms with Gasteiger partial charge in [-0.3, -0.25) is 0 Å². The zero-order valence-corrected chi connectivity index (χ0v) is 15.9. The van der Waals surface area contributed by atoms with Crippen LogP contribution in [0.1, 0.15) is 65.7 Å². The van der Waals surface area contributed by atoms with Crippen molar-refractivity contribution in [2.24, 2.45) is 11.3 Å². The van der Waals surface area contributed by atoms with Crippen molar-refractivity contribution in [2.45, 2.75) is 71.3 Å². The van der Waals surface area contributed by atoms with Gasteiger partial charge in [-0.25, -0.2) is 4.79 Å². The monoisotopic (exact) mass is 339 g/mol. The van der Waals surface area contributed by atoms with Crippen LogP contribution in [0, 0.1) is 11.3 Å². The van der Waals surface area contributed by atoms with E-state index in [2.05, 4.69) is 6.58 Å². The predicted molar refractivity (Wildman–Crippen MR) is 98.7 cm³/mol. The molecule has 4 heteroatoms. The molecule has 0 aromatic carbocycles. The largest absolute Gasteiger partial charge is 0.444 e. The third kappa shape index (κ3) is 5.17. The molecule has 0 spiro atoms. The second-order valence-electron chi connectivity index (χ2n) is 8.14.